The van der Waals surface area contributed by atoms with Gasteiger partial charge in [0.25, 0.3) is 0 Å². The standard InChI is InChI=1S/C6H5O2/c1-5-6(4-7)2-3-8-5/h2-3H,1H3. The van der Waals surface area contributed by atoms with Crippen LogP contribution in [0, 0.1) is 6.92 Å². The van der Waals surface area contributed by atoms with E-state index in [1.807, 2.05) is 0 Å². The Balaban J connectivity index is 3.09. The number of aryl methyl sites for hydroxylation is 1. The van der Waals surface area contributed by atoms with Gasteiger partial charge in [-0.1, -0.05) is 0 Å². The third-order valence-corrected chi connectivity index (χ3v) is 0.969. The molecular formula is C6H5O2. The summed E-state index contributed by atoms with van der Waals surface area (Å²) in [6.07, 6.45) is 3.20. The first-order valence-electron chi connectivity index (χ1n) is 2.27. The van der Waals surface area contributed by atoms with Crippen molar-refractivity contribution >= 4 is 6.29 Å². The van der Waals surface area contributed by atoms with Crippen molar-refractivity contribution in [3.8, 4) is 0 Å². The van der Waals surface area contributed by atoms with Gasteiger partial charge in [-0.25, -0.2) is 0 Å². The maximum Gasteiger partial charge on any atom is 0.237 e. The van der Waals surface area contributed by atoms with Crippen LogP contribution in [0.4, 0.5) is 0 Å². The van der Waals surface area contributed by atoms with Gasteiger partial charge in [-0.05, 0) is 13.0 Å². The van der Waals surface area contributed by atoms with Crippen LogP contribution in [0.25, 0.3) is 0 Å². The van der Waals surface area contributed by atoms with E-state index in [0.717, 1.165) is 0 Å². The van der Waals surface area contributed by atoms with Gasteiger partial charge < -0.3 is 4.42 Å². The van der Waals surface area contributed by atoms with E-state index in [2.05, 4.69) is 0 Å². The third-order valence-electron chi connectivity index (χ3n) is 0.969. The number of furan rings is 1. The molecule has 0 aliphatic rings. The summed E-state index contributed by atoms with van der Waals surface area (Å²) < 4.78 is 4.79. The van der Waals surface area contributed by atoms with Gasteiger partial charge in [-0.2, -0.15) is 0 Å². The average Bonchev–Trinajstić information content (AvgIpc) is 2.14. The molecular weight excluding hydrogens is 104 g/mol. The molecule has 0 fully saturated rings. The Kier molecular flexibility index (Phi) is 1.16. The van der Waals surface area contributed by atoms with Gasteiger partial charge in [0.05, 0.1) is 11.8 Å². The van der Waals surface area contributed by atoms with Crippen LogP contribution in [-0.2, 0) is 4.79 Å². The Labute approximate surface area is 47.1 Å². The monoisotopic (exact) mass is 109 g/mol. The summed E-state index contributed by atoms with van der Waals surface area (Å²) in [5.74, 6) is 0.625. The zero-order valence-corrected chi connectivity index (χ0v) is 4.47. The highest BCUT2D eigenvalue weighted by molar-refractivity contribution is 5.76. The van der Waals surface area contributed by atoms with Crippen molar-refractivity contribution in [3.05, 3.63) is 23.7 Å². The first kappa shape index (κ1) is 5.09. The number of carbonyl (C=O) groups excluding carboxylic acids is 1. The molecule has 0 unspecified atom stereocenters. The fourth-order valence-corrected chi connectivity index (χ4v) is 0.491. The lowest BCUT2D eigenvalue weighted by Crippen LogP contribution is -1.75. The largest absolute Gasteiger partial charge is 0.469 e. The summed E-state index contributed by atoms with van der Waals surface area (Å²) in [7, 11) is 0. The average molecular weight is 109 g/mol. The Bertz CT molecular complexity index is 188. The van der Waals surface area contributed by atoms with Gasteiger partial charge >= 0.3 is 0 Å². The lowest BCUT2D eigenvalue weighted by molar-refractivity contribution is 0.530. The summed E-state index contributed by atoms with van der Waals surface area (Å²) in [6.45, 7) is 1.72. The summed E-state index contributed by atoms with van der Waals surface area (Å²) in [5, 5.41) is 0. The second-order valence-corrected chi connectivity index (χ2v) is 1.49. The Morgan fingerprint density at radius 1 is 1.75 bits per heavy atom. The van der Waals surface area contributed by atoms with E-state index in [0.29, 0.717) is 11.3 Å². The predicted octanol–water partition coefficient (Wildman–Crippen LogP) is 1.05. The van der Waals surface area contributed by atoms with Crippen LogP contribution in [0.1, 0.15) is 11.3 Å². The molecule has 0 N–H and O–H groups in total. The molecule has 1 rings (SSSR count). The van der Waals surface area contributed by atoms with Crippen LogP contribution in [0.15, 0.2) is 16.7 Å². The van der Waals surface area contributed by atoms with E-state index >= 15 is 0 Å². The maximum atomic E-state index is 9.90. The lowest BCUT2D eigenvalue weighted by atomic mass is 10.3. The van der Waals surface area contributed by atoms with E-state index < -0.39 is 0 Å². The maximum absolute atomic E-state index is 9.90. The number of hydrogen-bond acceptors (Lipinski definition) is 2. The minimum Gasteiger partial charge on any atom is -0.469 e. The summed E-state index contributed by atoms with van der Waals surface area (Å²) in [6, 6.07) is 1.59. The van der Waals surface area contributed by atoms with E-state index in [1.165, 1.54) is 6.26 Å². The highest BCUT2D eigenvalue weighted by Crippen LogP contribution is 2.03. The zero-order chi connectivity index (χ0) is 5.98. The molecule has 0 aliphatic heterocycles. The van der Waals surface area contributed by atoms with Crippen LogP contribution in [0.5, 0.6) is 0 Å². The van der Waals surface area contributed by atoms with Crippen molar-refractivity contribution in [1.29, 1.82) is 0 Å². The topological polar surface area (TPSA) is 30.2 Å². The Morgan fingerprint density at radius 2 is 2.50 bits per heavy atom. The molecule has 1 radical (unpaired) electrons. The molecule has 0 saturated heterocycles. The quantitative estimate of drug-likeness (QED) is 0.539. The molecule has 0 atom stereocenters. The zero-order valence-electron chi connectivity index (χ0n) is 4.47. The molecule has 0 saturated carbocycles. The summed E-state index contributed by atoms with van der Waals surface area (Å²) in [4.78, 5) is 9.90. The molecule has 0 spiro atoms. The van der Waals surface area contributed by atoms with Crippen molar-refractivity contribution in [2.75, 3.05) is 0 Å². The third kappa shape index (κ3) is 0.644. The minimum absolute atomic E-state index is 0.505. The van der Waals surface area contributed by atoms with E-state index in [4.69, 9.17) is 4.42 Å². The molecule has 8 heavy (non-hydrogen) atoms. The second-order valence-electron chi connectivity index (χ2n) is 1.49. The predicted molar refractivity (Wildman–Crippen MR) is 28.2 cm³/mol. The van der Waals surface area contributed by atoms with Crippen LogP contribution in [-0.4, -0.2) is 6.29 Å². The molecule has 1 aromatic rings. The van der Waals surface area contributed by atoms with Crippen molar-refractivity contribution in [3.63, 3.8) is 0 Å². The number of hydrogen-bond donors (Lipinski definition) is 0. The van der Waals surface area contributed by atoms with E-state index in [-0.39, 0.29) is 0 Å². The minimum atomic E-state index is 0.505. The van der Waals surface area contributed by atoms with Gasteiger partial charge in [0.1, 0.15) is 5.76 Å². The SMILES string of the molecule is Cc1occc1[C]=O. The molecule has 0 amide bonds. The van der Waals surface area contributed by atoms with Crippen molar-refractivity contribution in [2.24, 2.45) is 0 Å². The molecule has 2 heteroatoms. The van der Waals surface area contributed by atoms with E-state index in [9.17, 15) is 4.79 Å². The first-order valence-corrected chi connectivity index (χ1v) is 2.27. The Hall–Kier alpha value is -1.05. The Morgan fingerprint density at radius 3 is 2.75 bits per heavy atom. The van der Waals surface area contributed by atoms with Crippen LogP contribution in [0.3, 0.4) is 0 Å². The van der Waals surface area contributed by atoms with Crippen LogP contribution in [0.2, 0.25) is 0 Å². The molecule has 1 heterocycles. The molecule has 0 aliphatic carbocycles. The molecule has 0 aromatic carbocycles. The molecule has 41 valence electrons. The molecule has 0 bridgehead atoms. The first-order chi connectivity index (χ1) is 3.84. The highest BCUT2D eigenvalue weighted by Gasteiger charge is 1.96. The fourth-order valence-electron chi connectivity index (χ4n) is 0.491. The van der Waals surface area contributed by atoms with Crippen LogP contribution >= 0.6 is 0 Å². The highest BCUT2D eigenvalue weighted by atomic mass is 16.3. The smallest absolute Gasteiger partial charge is 0.237 e. The van der Waals surface area contributed by atoms with E-state index in [1.54, 1.807) is 19.3 Å². The normalized spacial score (nSPS) is 9.12. The second kappa shape index (κ2) is 1.82. The fraction of sp³-hybridized carbons (Fsp3) is 0.167. The van der Waals surface area contributed by atoms with Crippen LogP contribution < -0.4 is 0 Å². The van der Waals surface area contributed by atoms with Crippen molar-refractivity contribution in [2.45, 2.75) is 6.92 Å². The van der Waals surface area contributed by atoms with Gasteiger partial charge in [0.15, 0.2) is 0 Å². The van der Waals surface area contributed by atoms with Crippen molar-refractivity contribution in [1.82, 2.24) is 0 Å². The summed E-state index contributed by atoms with van der Waals surface area (Å²) in [5.41, 5.74) is 0.505. The molecule has 2 nitrogen and oxygen atoms in total. The van der Waals surface area contributed by atoms with Crippen molar-refractivity contribution < 1.29 is 9.21 Å². The van der Waals surface area contributed by atoms with Gasteiger partial charge in [0.2, 0.25) is 6.29 Å². The summed E-state index contributed by atoms with van der Waals surface area (Å²) >= 11 is 0. The lowest BCUT2D eigenvalue weighted by Gasteiger charge is -1.77. The van der Waals surface area contributed by atoms with Gasteiger partial charge in [-0.15, -0.1) is 0 Å². The van der Waals surface area contributed by atoms with Gasteiger partial charge in [-0.3, -0.25) is 4.79 Å². The van der Waals surface area contributed by atoms with Gasteiger partial charge in [0, 0.05) is 0 Å². The molecule has 1 aromatic heterocycles. The number of rotatable bonds is 1.